The van der Waals surface area contributed by atoms with Crippen LogP contribution in [0.4, 0.5) is 0 Å². The normalized spacial score (nSPS) is 15.5. The molecule has 2 aromatic rings. The predicted molar refractivity (Wildman–Crippen MR) is 160 cm³/mol. The van der Waals surface area contributed by atoms with E-state index < -0.39 is 0 Å². The lowest BCUT2D eigenvalue weighted by Crippen LogP contribution is -1.95. The molecule has 0 unspecified atom stereocenters. The van der Waals surface area contributed by atoms with Gasteiger partial charge in [-0.3, -0.25) is 0 Å². The third-order valence-corrected chi connectivity index (χ3v) is 6.36. The van der Waals surface area contributed by atoms with Gasteiger partial charge in [-0.2, -0.15) is 0 Å². The summed E-state index contributed by atoms with van der Waals surface area (Å²) in [7, 11) is 0. The molecule has 182 valence electrons. The van der Waals surface area contributed by atoms with Crippen LogP contribution >= 0.6 is 0 Å². The van der Waals surface area contributed by atoms with Crippen molar-refractivity contribution in [3.8, 4) is 0 Å². The highest BCUT2D eigenvalue weighted by Gasteiger charge is 2.11. The first-order chi connectivity index (χ1) is 17.4. The highest BCUT2D eigenvalue weighted by atomic mass is 14.4. The van der Waals surface area contributed by atoms with E-state index >= 15 is 0 Å². The van der Waals surface area contributed by atoms with Crippen LogP contribution < -0.4 is 0 Å². The van der Waals surface area contributed by atoms with Crippen molar-refractivity contribution in [2.24, 2.45) is 0 Å². The van der Waals surface area contributed by atoms with Gasteiger partial charge in [-0.05, 0) is 89.5 Å². The van der Waals surface area contributed by atoms with E-state index in [0.29, 0.717) is 5.71 Å². The van der Waals surface area contributed by atoms with E-state index in [1.165, 1.54) is 38.6 Å². The van der Waals surface area contributed by atoms with Crippen molar-refractivity contribution in [1.29, 1.82) is 5.41 Å². The number of fused-ring (bicyclic) bond motifs is 1. The Bertz CT molecular complexity index is 1360. The zero-order valence-corrected chi connectivity index (χ0v) is 21.9. The summed E-state index contributed by atoms with van der Waals surface area (Å²) in [6, 6.07) is 14.9. The molecule has 0 saturated carbocycles. The summed E-state index contributed by atoms with van der Waals surface area (Å²) in [6.45, 7) is 14.7. The maximum Gasteiger partial charge on any atom is 0.0354 e. The van der Waals surface area contributed by atoms with Gasteiger partial charge in [0.1, 0.15) is 0 Å². The van der Waals surface area contributed by atoms with Gasteiger partial charge in [0.15, 0.2) is 0 Å². The summed E-state index contributed by atoms with van der Waals surface area (Å²) in [6.07, 6.45) is 23.5. The number of nitrogens with one attached hydrogen (secondary N) is 1. The Hall–Kier alpha value is -3.97. The minimum Gasteiger partial charge on any atom is -0.305 e. The van der Waals surface area contributed by atoms with Crippen LogP contribution in [0.15, 0.2) is 144 Å². The SMILES string of the molecule is C=CC(=C)\C(=C(C)/C=C(C/C=C\C)/C(C)=C/C=C\CC1=CC(=N)CC=C1)c1cccc2ccccc12. The summed E-state index contributed by atoms with van der Waals surface area (Å²) in [5, 5.41) is 10.3. The number of allylic oxidation sites excluding steroid dienone is 16. The molecule has 1 heteroatoms. The maximum absolute atomic E-state index is 7.84. The lowest BCUT2D eigenvalue weighted by atomic mass is 9.89. The van der Waals surface area contributed by atoms with Crippen LogP contribution in [0.3, 0.4) is 0 Å². The molecule has 0 aromatic heterocycles. The lowest BCUT2D eigenvalue weighted by Gasteiger charge is -2.15. The summed E-state index contributed by atoms with van der Waals surface area (Å²) in [4.78, 5) is 0. The van der Waals surface area contributed by atoms with Gasteiger partial charge in [-0.15, -0.1) is 0 Å². The van der Waals surface area contributed by atoms with Crippen LogP contribution in [0.25, 0.3) is 16.3 Å². The first-order valence-electron chi connectivity index (χ1n) is 12.5. The lowest BCUT2D eigenvalue weighted by molar-refractivity contribution is 1.19. The van der Waals surface area contributed by atoms with Gasteiger partial charge in [-0.1, -0.05) is 110 Å². The van der Waals surface area contributed by atoms with Crippen LogP contribution in [0, 0.1) is 5.41 Å². The van der Waals surface area contributed by atoms with Crippen LogP contribution in [0.2, 0.25) is 0 Å². The Labute approximate surface area is 217 Å². The topological polar surface area (TPSA) is 23.9 Å². The first kappa shape index (κ1) is 26.6. The number of benzene rings is 2. The van der Waals surface area contributed by atoms with Crippen molar-refractivity contribution in [2.45, 2.75) is 40.0 Å². The van der Waals surface area contributed by atoms with Gasteiger partial charge in [0.05, 0.1) is 0 Å². The van der Waals surface area contributed by atoms with E-state index in [0.717, 1.165) is 30.4 Å². The molecule has 0 saturated heterocycles. The van der Waals surface area contributed by atoms with Gasteiger partial charge < -0.3 is 5.41 Å². The van der Waals surface area contributed by atoms with Crippen molar-refractivity contribution in [1.82, 2.24) is 0 Å². The fourth-order valence-corrected chi connectivity index (χ4v) is 4.41. The summed E-state index contributed by atoms with van der Waals surface area (Å²) in [5.74, 6) is 0. The number of hydrogen-bond donors (Lipinski definition) is 1. The average Bonchev–Trinajstić information content (AvgIpc) is 2.89. The van der Waals surface area contributed by atoms with Crippen LogP contribution in [-0.4, -0.2) is 5.71 Å². The smallest absolute Gasteiger partial charge is 0.0354 e. The van der Waals surface area contributed by atoms with E-state index in [2.05, 4.69) is 125 Å². The van der Waals surface area contributed by atoms with E-state index in [-0.39, 0.29) is 0 Å². The maximum atomic E-state index is 7.84. The molecule has 2 aromatic carbocycles. The van der Waals surface area contributed by atoms with Gasteiger partial charge in [0.2, 0.25) is 0 Å². The van der Waals surface area contributed by atoms with Gasteiger partial charge in [0, 0.05) is 12.1 Å². The van der Waals surface area contributed by atoms with E-state index in [1.807, 2.05) is 12.2 Å². The number of hydrogen-bond acceptors (Lipinski definition) is 1. The third kappa shape index (κ3) is 7.02. The zero-order chi connectivity index (χ0) is 25.9. The fourth-order valence-electron chi connectivity index (χ4n) is 4.41. The molecule has 0 atom stereocenters. The largest absolute Gasteiger partial charge is 0.305 e. The molecule has 0 bridgehead atoms. The Morgan fingerprint density at radius 2 is 1.83 bits per heavy atom. The standard InChI is InChI=1S/C35H37N/c1-6-8-18-31(27(4)15-9-10-16-29-17-13-21-32(36)25-29)24-28(5)35(26(3)7-2)34-23-14-20-30-19-11-12-22-33(30)34/h6-15,17,19-20,22-25,36H,2-3,16,18,21H2,1,4-5H3/b8-6-,10-9-,27-15+,31-24+,35-28+,36-32?. The molecule has 0 amide bonds. The van der Waals surface area contributed by atoms with Crippen molar-refractivity contribution >= 4 is 22.1 Å². The summed E-state index contributed by atoms with van der Waals surface area (Å²) < 4.78 is 0. The Morgan fingerprint density at radius 3 is 2.58 bits per heavy atom. The molecule has 0 fully saturated rings. The second-order valence-electron chi connectivity index (χ2n) is 9.09. The molecular formula is C35H37N. The molecule has 1 N–H and O–H groups in total. The average molecular weight is 472 g/mol. The van der Waals surface area contributed by atoms with Crippen LogP contribution in [-0.2, 0) is 0 Å². The quantitative estimate of drug-likeness (QED) is 0.263. The monoisotopic (exact) mass is 471 g/mol. The van der Waals surface area contributed by atoms with Crippen molar-refractivity contribution in [3.63, 3.8) is 0 Å². The molecule has 0 heterocycles. The van der Waals surface area contributed by atoms with Gasteiger partial charge in [-0.25, -0.2) is 0 Å². The molecule has 0 radical (unpaired) electrons. The van der Waals surface area contributed by atoms with Crippen LogP contribution in [0.5, 0.6) is 0 Å². The molecule has 3 rings (SSSR count). The molecule has 1 aliphatic rings. The number of rotatable bonds is 10. The van der Waals surface area contributed by atoms with E-state index in [4.69, 9.17) is 5.41 Å². The Balaban J connectivity index is 2.00. The first-order valence-corrected chi connectivity index (χ1v) is 12.5. The van der Waals surface area contributed by atoms with E-state index in [1.54, 1.807) is 0 Å². The minimum absolute atomic E-state index is 0.676. The molecule has 0 spiro atoms. The summed E-state index contributed by atoms with van der Waals surface area (Å²) in [5.41, 5.74) is 8.75. The minimum atomic E-state index is 0.676. The van der Waals surface area contributed by atoms with Crippen molar-refractivity contribution in [2.75, 3.05) is 0 Å². The highest BCUT2D eigenvalue weighted by Crippen LogP contribution is 2.33. The Kier molecular flexibility index (Phi) is 9.77. The van der Waals surface area contributed by atoms with Crippen LogP contribution in [0.1, 0.15) is 45.6 Å². The molecule has 36 heavy (non-hydrogen) atoms. The zero-order valence-electron chi connectivity index (χ0n) is 21.9. The second kappa shape index (κ2) is 13.2. The summed E-state index contributed by atoms with van der Waals surface area (Å²) >= 11 is 0. The van der Waals surface area contributed by atoms with Gasteiger partial charge in [0.25, 0.3) is 0 Å². The van der Waals surface area contributed by atoms with Crippen molar-refractivity contribution < 1.29 is 0 Å². The molecular weight excluding hydrogens is 434 g/mol. The van der Waals surface area contributed by atoms with E-state index in [9.17, 15) is 0 Å². The predicted octanol–water partition coefficient (Wildman–Crippen LogP) is 10.0. The third-order valence-electron chi connectivity index (χ3n) is 6.36. The molecule has 1 nitrogen and oxygen atoms in total. The second-order valence-corrected chi connectivity index (χ2v) is 9.09. The molecule has 1 aliphatic carbocycles. The Morgan fingerprint density at radius 1 is 1.06 bits per heavy atom. The van der Waals surface area contributed by atoms with Gasteiger partial charge >= 0.3 is 0 Å². The van der Waals surface area contributed by atoms with Crippen molar-refractivity contribution in [3.05, 3.63) is 150 Å². The molecule has 0 aliphatic heterocycles. The highest BCUT2D eigenvalue weighted by molar-refractivity contribution is 5.99. The fraction of sp³-hybridized carbons (Fsp3) is 0.171.